The molecule has 1 aromatic heterocycles. The highest BCUT2D eigenvalue weighted by molar-refractivity contribution is 5.85. The van der Waals surface area contributed by atoms with E-state index in [1.165, 1.54) is 0 Å². The van der Waals surface area contributed by atoms with Crippen LogP contribution in [-0.4, -0.2) is 26.2 Å². The third-order valence-electron chi connectivity index (χ3n) is 2.07. The van der Waals surface area contributed by atoms with E-state index >= 15 is 0 Å². The molecule has 0 aromatic carbocycles. The summed E-state index contributed by atoms with van der Waals surface area (Å²) in [6, 6.07) is -0.201. The van der Waals surface area contributed by atoms with Crippen LogP contribution in [-0.2, 0) is 11.8 Å². The van der Waals surface area contributed by atoms with E-state index in [9.17, 15) is 4.79 Å². The maximum Gasteiger partial charge on any atom is 0.240 e. The van der Waals surface area contributed by atoms with Crippen molar-refractivity contribution in [1.29, 1.82) is 0 Å². The maximum absolute atomic E-state index is 11.6. The zero-order valence-electron chi connectivity index (χ0n) is 9.48. The van der Waals surface area contributed by atoms with Gasteiger partial charge in [0.15, 0.2) is 5.82 Å². The molecule has 0 aliphatic heterocycles. The van der Waals surface area contributed by atoms with Gasteiger partial charge in [0.25, 0.3) is 0 Å². The number of nitrogens with zero attached hydrogens (tertiary/aromatic N) is 3. The molecular formula is C9H17N5O. The van der Waals surface area contributed by atoms with Crippen molar-refractivity contribution in [3.05, 3.63) is 12.2 Å². The highest BCUT2D eigenvalue weighted by Gasteiger charge is 2.24. The van der Waals surface area contributed by atoms with Crippen LogP contribution in [0, 0.1) is 0 Å². The largest absolute Gasteiger partial charge is 0.345 e. The fourth-order valence-electron chi connectivity index (χ4n) is 1.13. The van der Waals surface area contributed by atoms with Crippen LogP contribution in [0.2, 0.25) is 0 Å². The summed E-state index contributed by atoms with van der Waals surface area (Å²) in [6.07, 6.45) is 1.59. The Morgan fingerprint density at radius 3 is 2.67 bits per heavy atom. The second-order valence-corrected chi connectivity index (χ2v) is 4.22. The van der Waals surface area contributed by atoms with Crippen molar-refractivity contribution >= 4 is 5.91 Å². The van der Waals surface area contributed by atoms with Crippen LogP contribution in [0.1, 0.15) is 32.6 Å². The molecule has 0 bridgehead atoms. The van der Waals surface area contributed by atoms with E-state index in [0.29, 0.717) is 5.82 Å². The van der Waals surface area contributed by atoms with Crippen LogP contribution in [0.4, 0.5) is 0 Å². The molecule has 0 aliphatic rings. The molecule has 1 atom stereocenters. The summed E-state index contributed by atoms with van der Waals surface area (Å²) in [5, 5.41) is 10.4. The zero-order chi connectivity index (χ0) is 11.6. The molecule has 6 heteroatoms. The van der Waals surface area contributed by atoms with Crippen LogP contribution >= 0.6 is 0 Å². The van der Waals surface area contributed by atoms with Gasteiger partial charge in [-0.3, -0.25) is 4.79 Å². The summed E-state index contributed by atoms with van der Waals surface area (Å²) in [4.78, 5) is 11.6. The minimum atomic E-state index is -0.882. The quantitative estimate of drug-likeness (QED) is 0.720. The molecule has 1 rings (SSSR count). The molecule has 0 radical (unpaired) electrons. The van der Waals surface area contributed by atoms with Gasteiger partial charge in [0.2, 0.25) is 5.91 Å². The Labute approximate surface area is 88.9 Å². The van der Waals surface area contributed by atoms with Crippen molar-refractivity contribution in [3.63, 3.8) is 0 Å². The van der Waals surface area contributed by atoms with Gasteiger partial charge in [0, 0.05) is 7.05 Å². The SMILES string of the molecule is CC(NC(=O)C(C)(C)N)c1nncn1C. The molecule has 1 amide bonds. The first-order valence-electron chi connectivity index (χ1n) is 4.76. The highest BCUT2D eigenvalue weighted by atomic mass is 16.2. The van der Waals surface area contributed by atoms with Crippen molar-refractivity contribution in [2.24, 2.45) is 12.8 Å². The van der Waals surface area contributed by atoms with Gasteiger partial charge in [-0.2, -0.15) is 0 Å². The van der Waals surface area contributed by atoms with E-state index in [4.69, 9.17) is 5.73 Å². The van der Waals surface area contributed by atoms with E-state index < -0.39 is 5.54 Å². The van der Waals surface area contributed by atoms with Crippen LogP contribution < -0.4 is 11.1 Å². The third-order valence-corrected chi connectivity index (χ3v) is 2.07. The van der Waals surface area contributed by atoms with Crippen molar-refractivity contribution in [3.8, 4) is 0 Å². The van der Waals surface area contributed by atoms with E-state index in [0.717, 1.165) is 0 Å². The molecule has 1 unspecified atom stereocenters. The Hall–Kier alpha value is -1.43. The molecule has 0 spiro atoms. The Bertz CT molecular complexity index is 352. The third kappa shape index (κ3) is 2.76. The molecule has 6 nitrogen and oxygen atoms in total. The standard InChI is InChI=1S/C9H17N5O/c1-6(7-13-11-5-14(7)4)12-8(15)9(2,3)10/h5-6H,10H2,1-4H3,(H,12,15). The Morgan fingerprint density at radius 1 is 1.67 bits per heavy atom. The number of aromatic nitrogens is 3. The summed E-state index contributed by atoms with van der Waals surface area (Å²) >= 11 is 0. The number of amides is 1. The maximum atomic E-state index is 11.6. The zero-order valence-corrected chi connectivity index (χ0v) is 9.48. The normalized spacial score (nSPS) is 13.7. The average Bonchev–Trinajstić information content (AvgIpc) is 2.49. The Balaban J connectivity index is 2.69. The van der Waals surface area contributed by atoms with Gasteiger partial charge in [0.1, 0.15) is 6.33 Å². The number of carbonyl (C=O) groups excluding carboxylic acids is 1. The number of hydrogen-bond acceptors (Lipinski definition) is 4. The summed E-state index contributed by atoms with van der Waals surface area (Å²) in [5.41, 5.74) is 4.78. The van der Waals surface area contributed by atoms with Gasteiger partial charge >= 0.3 is 0 Å². The summed E-state index contributed by atoms with van der Waals surface area (Å²) < 4.78 is 1.76. The smallest absolute Gasteiger partial charge is 0.240 e. The van der Waals surface area contributed by atoms with Crippen LogP contribution in [0.25, 0.3) is 0 Å². The Morgan fingerprint density at radius 2 is 2.27 bits per heavy atom. The van der Waals surface area contributed by atoms with Gasteiger partial charge in [-0.25, -0.2) is 0 Å². The number of nitrogens with two attached hydrogens (primary N) is 1. The Kier molecular flexibility index (Phi) is 3.09. The predicted octanol–water partition coefficient (Wildman–Crippen LogP) is -0.270. The van der Waals surface area contributed by atoms with E-state index in [1.54, 1.807) is 24.7 Å². The highest BCUT2D eigenvalue weighted by Crippen LogP contribution is 2.08. The van der Waals surface area contributed by atoms with E-state index in [1.807, 2.05) is 14.0 Å². The fourth-order valence-corrected chi connectivity index (χ4v) is 1.13. The number of rotatable bonds is 3. The topological polar surface area (TPSA) is 85.8 Å². The molecule has 3 N–H and O–H groups in total. The van der Waals surface area contributed by atoms with Gasteiger partial charge in [-0.15, -0.1) is 10.2 Å². The van der Waals surface area contributed by atoms with Gasteiger partial charge in [0.05, 0.1) is 11.6 Å². The number of aryl methyl sites for hydroxylation is 1. The van der Waals surface area contributed by atoms with Crippen molar-refractivity contribution in [2.45, 2.75) is 32.4 Å². The van der Waals surface area contributed by atoms with Crippen molar-refractivity contribution in [2.75, 3.05) is 0 Å². The lowest BCUT2D eigenvalue weighted by atomic mass is 10.1. The summed E-state index contributed by atoms with van der Waals surface area (Å²) in [6.45, 7) is 5.16. The number of nitrogens with one attached hydrogen (secondary N) is 1. The minimum absolute atomic E-state index is 0.201. The minimum Gasteiger partial charge on any atom is -0.345 e. The molecule has 0 fully saturated rings. The molecule has 1 aromatic rings. The lowest BCUT2D eigenvalue weighted by molar-refractivity contribution is -0.125. The molecule has 0 saturated heterocycles. The average molecular weight is 211 g/mol. The van der Waals surface area contributed by atoms with Crippen LogP contribution in [0.5, 0.6) is 0 Å². The number of carbonyl (C=O) groups is 1. The molecule has 1 heterocycles. The van der Waals surface area contributed by atoms with E-state index in [-0.39, 0.29) is 11.9 Å². The van der Waals surface area contributed by atoms with Gasteiger partial charge in [-0.05, 0) is 20.8 Å². The molecule has 0 aliphatic carbocycles. The van der Waals surface area contributed by atoms with E-state index in [2.05, 4.69) is 15.5 Å². The lowest BCUT2D eigenvalue weighted by Crippen LogP contribution is -2.49. The molecule has 84 valence electrons. The van der Waals surface area contributed by atoms with Crippen molar-refractivity contribution < 1.29 is 4.79 Å². The predicted molar refractivity (Wildman–Crippen MR) is 55.8 cm³/mol. The molecule has 0 saturated carbocycles. The van der Waals surface area contributed by atoms with Crippen LogP contribution in [0.15, 0.2) is 6.33 Å². The van der Waals surface area contributed by atoms with Crippen LogP contribution in [0.3, 0.4) is 0 Å². The fraction of sp³-hybridized carbons (Fsp3) is 0.667. The summed E-state index contributed by atoms with van der Waals surface area (Å²) in [5.74, 6) is 0.491. The number of hydrogen-bond donors (Lipinski definition) is 2. The first-order chi connectivity index (χ1) is 6.82. The molecular weight excluding hydrogens is 194 g/mol. The molecule has 15 heavy (non-hydrogen) atoms. The monoisotopic (exact) mass is 211 g/mol. The first-order valence-corrected chi connectivity index (χ1v) is 4.76. The first kappa shape index (κ1) is 11.6. The second-order valence-electron chi connectivity index (χ2n) is 4.22. The lowest BCUT2D eigenvalue weighted by Gasteiger charge is -2.21. The van der Waals surface area contributed by atoms with Gasteiger partial charge in [-0.1, -0.05) is 0 Å². The van der Waals surface area contributed by atoms with Crippen molar-refractivity contribution in [1.82, 2.24) is 20.1 Å². The summed E-state index contributed by atoms with van der Waals surface area (Å²) in [7, 11) is 1.82. The second kappa shape index (κ2) is 3.98. The van der Waals surface area contributed by atoms with Gasteiger partial charge < -0.3 is 15.6 Å².